The quantitative estimate of drug-likeness (QED) is 0.844. The van der Waals surface area contributed by atoms with Gasteiger partial charge in [0.2, 0.25) is 0 Å². The molecule has 0 aliphatic carbocycles. The van der Waals surface area contributed by atoms with Crippen molar-refractivity contribution < 1.29 is 17.9 Å². The number of hydrogen-bond donors (Lipinski definition) is 1. The third-order valence-electron chi connectivity index (χ3n) is 4.52. The van der Waals surface area contributed by atoms with Crippen molar-refractivity contribution >= 4 is 17.6 Å². The maximum Gasteiger partial charge on any atom is 0.435 e. The van der Waals surface area contributed by atoms with Crippen molar-refractivity contribution in [3.63, 3.8) is 0 Å². The van der Waals surface area contributed by atoms with Gasteiger partial charge in [0.1, 0.15) is 11.9 Å². The lowest BCUT2D eigenvalue weighted by Crippen LogP contribution is -2.38. The summed E-state index contributed by atoms with van der Waals surface area (Å²) in [6.07, 6.45) is -3.74. The van der Waals surface area contributed by atoms with Crippen LogP contribution < -0.4 is 10.9 Å². The first-order valence-electron chi connectivity index (χ1n) is 8.36. The fraction of sp³-hybridized carbons (Fsp3) is 0.500. The number of thioether (sulfide) groups is 1. The van der Waals surface area contributed by atoms with E-state index >= 15 is 0 Å². The first-order chi connectivity index (χ1) is 12.9. The summed E-state index contributed by atoms with van der Waals surface area (Å²) in [7, 11) is 0. The minimum Gasteiger partial charge on any atom is -0.377 e. The zero-order chi connectivity index (χ0) is 19.0. The highest BCUT2D eigenvalue weighted by Gasteiger charge is 2.34. The molecule has 0 spiro atoms. The molecule has 2 aliphatic rings. The number of halogens is 3. The normalized spacial score (nSPS) is 22.5. The molecule has 0 aromatic carbocycles. The van der Waals surface area contributed by atoms with Gasteiger partial charge in [0, 0.05) is 18.2 Å². The van der Waals surface area contributed by atoms with E-state index in [-0.39, 0.29) is 36.7 Å². The Hall–Kier alpha value is -2.14. The van der Waals surface area contributed by atoms with Crippen LogP contribution in [0.25, 0.3) is 0 Å². The summed E-state index contributed by atoms with van der Waals surface area (Å²) in [6, 6.07) is 2.97. The number of rotatable bonds is 3. The first kappa shape index (κ1) is 18.2. The van der Waals surface area contributed by atoms with E-state index in [1.807, 2.05) is 0 Å². The van der Waals surface area contributed by atoms with Crippen molar-refractivity contribution in [2.24, 2.45) is 0 Å². The molecule has 0 bridgehead atoms. The van der Waals surface area contributed by atoms with Gasteiger partial charge in [0.15, 0.2) is 5.69 Å². The van der Waals surface area contributed by atoms with Crippen LogP contribution in [0.1, 0.15) is 23.0 Å². The molecule has 2 aromatic heterocycles. The Balaban J connectivity index is 1.55. The van der Waals surface area contributed by atoms with Crippen molar-refractivity contribution in [1.29, 1.82) is 0 Å². The van der Waals surface area contributed by atoms with Gasteiger partial charge in [-0.25, -0.2) is 4.68 Å². The number of fused-ring (bicyclic) bond motifs is 1. The van der Waals surface area contributed by atoms with Gasteiger partial charge in [0.25, 0.3) is 5.56 Å². The molecule has 27 heavy (non-hydrogen) atoms. The third kappa shape index (κ3) is 3.79. The number of nitrogens with one attached hydrogen (secondary N) is 1. The number of aryl methyl sites for hydroxylation is 1. The molecule has 2 atom stereocenters. The smallest absolute Gasteiger partial charge is 0.377 e. The lowest BCUT2D eigenvalue weighted by Gasteiger charge is -2.23. The molecule has 7 nitrogen and oxygen atoms in total. The molecule has 1 N–H and O–H groups in total. The van der Waals surface area contributed by atoms with E-state index in [2.05, 4.69) is 20.6 Å². The maximum absolute atomic E-state index is 12.6. The summed E-state index contributed by atoms with van der Waals surface area (Å²) < 4.78 is 44.7. The van der Waals surface area contributed by atoms with Crippen molar-refractivity contribution in [2.75, 3.05) is 24.3 Å². The van der Waals surface area contributed by atoms with Gasteiger partial charge >= 0.3 is 6.18 Å². The Morgan fingerprint density at radius 3 is 2.85 bits per heavy atom. The van der Waals surface area contributed by atoms with Gasteiger partial charge in [-0.05, 0) is 23.4 Å². The largest absolute Gasteiger partial charge is 0.435 e. The number of ether oxygens (including phenoxy) is 1. The minimum absolute atomic E-state index is 0.186. The summed E-state index contributed by atoms with van der Waals surface area (Å²) in [5.41, 5.74) is 0.604. The van der Waals surface area contributed by atoms with Gasteiger partial charge in [-0.1, -0.05) is 0 Å². The van der Waals surface area contributed by atoms with Crippen LogP contribution >= 0.6 is 11.8 Å². The van der Waals surface area contributed by atoms with Crippen LogP contribution in [-0.4, -0.2) is 45.0 Å². The van der Waals surface area contributed by atoms with Crippen molar-refractivity contribution in [2.45, 2.75) is 30.4 Å². The number of anilines is 1. The van der Waals surface area contributed by atoms with E-state index in [0.717, 1.165) is 35.3 Å². The Morgan fingerprint density at radius 2 is 2.11 bits per heavy atom. The van der Waals surface area contributed by atoms with Gasteiger partial charge in [-0.2, -0.15) is 30.0 Å². The fourth-order valence-electron chi connectivity index (χ4n) is 3.14. The number of alkyl halides is 3. The molecule has 2 aliphatic heterocycles. The molecule has 144 valence electrons. The number of hydrogen-bond acceptors (Lipinski definition) is 7. The predicted octanol–water partition coefficient (Wildman–Crippen LogP) is 1.89. The lowest BCUT2D eigenvalue weighted by molar-refractivity contribution is -0.141. The highest BCUT2D eigenvalue weighted by molar-refractivity contribution is 7.98. The Morgan fingerprint density at radius 1 is 1.26 bits per heavy atom. The summed E-state index contributed by atoms with van der Waals surface area (Å²) in [4.78, 5) is 12.5. The van der Waals surface area contributed by atoms with E-state index in [1.165, 1.54) is 10.7 Å². The first-order valence-corrected chi connectivity index (χ1v) is 9.52. The van der Waals surface area contributed by atoms with Gasteiger partial charge in [-0.3, -0.25) is 4.79 Å². The summed E-state index contributed by atoms with van der Waals surface area (Å²) >= 11 is 1.77. The summed E-state index contributed by atoms with van der Waals surface area (Å²) in [6.45, 7) is 0.570. The van der Waals surface area contributed by atoms with Crippen molar-refractivity contribution in [3.05, 3.63) is 45.5 Å². The van der Waals surface area contributed by atoms with Crippen molar-refractivity contribution in [3.8, 4) is 0 Å². The Bertz CT molecular complexity index is 887. The second-order valence-corrected chi connectivity index (χ2v) is 7.46. The van der Waals surface area contributed by atoms with Crippen LogP contribution in [0.3, 0.4) is 0 Å². The molecular weight excluding hydrogens is 383 g/mol. The molecular formula is C16H16F3N5O2S. The molecule has 4 rings (SSSR count). The molecule has 2 aromatic rings. The second kappa shape index (κ2) is 7.12. The maximum atomic E-state index is 12.6. The van der Waals surface area contributed by atoms with E-state index in [9.17, 15) is 18.0 Å². The average Bonchev–Trinajstić information content (AvgIpc) is 3.08. The van der Waals surface area contributed by atoms with Crippen LogP contribution in [0.4, 0.5) is 19.0 Å². The Labute approximate surface area is 156 Å². The van der Waals surface area contributed by atoms with E-state index < -0.39 is 11.9 Å². The fourth-order valence-corrected chi connectivity index (χ4v) is 4.09. The molecule has 1 fully saturated rings. The van der Waals surface area contributed by atoms with E-state index in [4.69, 9.17) is 4.74 Å². The molecule has 0 saturated carbocycles. The van der Waals surface area contributed by atoms with Crippen LogP contribution in [-0.2, 0) is 23.1 Å². The van der Waals surface area contributed by atoms with Crippen LogP contribution in [0.5, 0.6) is 0 Å². The monoisotopic (exact) mass is 399 g/mol. The van der Waals surface area contributed by atoms with Crippen LogP contribution in [0.2, 0.25) is 0 Å². The molecule has 0 radical (unpaired) electrons. The standard InChI is InChI=1S/C16H16F3N5O2S/c17-16(18,19)13-1-2-14(22-21-13)20-11-6-26-7-12(11)24-15(25)5-9-8-27-4-3-10(9)23-24/h1-2,5,11-12H,3-4,6-8H2,(H,20,22). The molecule has 1 saturated heterocycles. The lowest BCUT2D eigenvalue weighted by atomic mass is 10.1. The van der Waals surface area contributed by atoms with Crippen LogP contribution in [0, 0.1) is 0 Å². The number of aromatic nitrogens is 4. The minimum atomic E-state index is -4.54. The topological polar surface area (TPSA) is 81.9 Å². The molecule has 0 amide bonds. The third-order valence-corrected chi connectivity index (χ3v) is 5.52. The van der Waals surface area contributed by atoms with Gasteiger partial charge < -0.3 is 10.1 Å². The SMILES string of the molecule is O=c1cc2c(nn1C1COCC1Nc1ccc(C(F)(F)F)nn1)CCSC2. The predicted molar refractivity (Wildman–Crippen MR) is 92.7 cm³/mol. The van der Waals surface area contributed by atoms with E-state index in [1.54, 1.807) is 17.8 Å². The molecule has 11 heteroatoms. The van der Waals surface area contributed by atoms with Crippen molar-refractivity contribution in [1.82, 2.24) is 20.0 Å². The summed E-state index contributed by atoms with van der Waals surface area (Å²) in [5, 5.41) is 14.3. The molecule has 4 heterocycles. The van der Waals surface area contributed by atoms with Crippen LogP contribution in [0.15, 0.2) is 23.0 Å². The Kier molecular flexibility index (Phi) is 4.81. The van der Waals surface area contributed by atoms with Gasteiger partial charge in [-0.15, -0.1) is 10.2 Å². The average molecular weight is 399 g/mol. The summed E-state index contributed by atoms with van der Waals surface area (Å²) in [5.74, 6) is 1.93. The van der Waals surface area contributed by atoms with Gasteiger partial charge in [0.05, 0.1) is 24.9 Å². The second-order valence-electron chi connectivity index (χ2n) is 6.36. The highest BCUT2D eigenvalue weighted by Crippen LogP contribution is 2.28. The molecule has 2 unspecified atom stereocenters. The highest BCUT2D eigenvalue weighted by atomic mass is 32.2. The zero-order valence-electron chi connectivity index (χ0n) is 14.1. The number of nitrogens with zero attached hydrogens (tertiary/aromatic N) is 4. The zero-order valence-corrected chi connectivity index (χ0v) is 14.9. The van der Waals surface area contributed by atoms with E-state index in [0.29, 0.717) is 0 Å².